The smallest absolute Gasteiger partial charge is 0.260 e. The summed E-state index contributed by atoms with van der Waals surface area (Å²) >= 11 is 11.8. The summed E-state index contributed by atoms with van der Waals surface area (Å²) in [6.45, 7) is 2.18. The molecule has 11 heteroatoms. The van der Waals surface area contributed by atoms with E-state index in [1.54, 1.807) is 42.5 Å². The maximum atomic E-state index is 12.4. The van der Waals surface area contributed by atoms with E-state index in [-0.39, 0.29) is 0 Å². The molecule has 1 amide bonds. The Morgan fingerprint density at radius 2 is 1.61 bits per heavy atom. The van der Waals surface area contributed by atoms with Crippen molar-refractivity contribution in [2.45, 2.75) is 13.5 Å². The number of benzene rings is 3. The van der Waals surface area contributed by atoms with E-state index < -0.39 is 22.5 Å². The first-order valence-electron chi connectivity index (χ1n) is 10.8. The third-order valence-electron chi connectivity index (χ3n) is 4.78. The number of hydrogen-bond donors (Lipinski definition) is 1. The molecule has 8 nitrogen and oxygen atoms in total. The Hall–Kier alpha value is -3.27. The van der Waals surface area contributed by atoms with Gasteiger partial charge in [0.25, 0.3) is 5.91 Å². The monoisotopic (exact) mass is 549 g/mol. The topological polar surface area (TPSA) is 97.3 Å². The molecule has 3 aromatic rings. The first-order valence-corrected chi connectivity index (χ1v) is 13.5. The Morgan fingerprint density at radius 1 is 0.972 bits per heavy atom. The molecule has 0 radical (unpaired) electrons. The average Bonchev–Trinajstić information content (AvgIpc) is 2.83. The van der Waals surface area contributed by atoms with Crippen LogP contribution in [0, 0.1) is 0 Å². The molecule has 0 aliphatic heterocycles. The lowest BCUT2D eigenvalue weighted by atomic mass is 10.2. The van der Waals surface area contributed by atoms with Crippen LogP contribution < -0.4 is 19.2 Å². The Kier molecular flexibility index (Phi) is 9.58. The number of amides is 1. The number of ether oxygens (including phenoxy) is 2. The molecule has 0 aromatic heterocycles. The van der Waals surface area contributed by atoms with Crippen LogP contribution in [0.15, 0.2) is 71.8 Å². The van der Waals surface area contributed by atoms with Gasteiger partial charge in [0, 0.05) is 10.0 Å². The lowest BCUT2D eigenvalue weighted by molar-refractivity contribution is -0.119. The zero-order valence-corrected chi connectivity index (χ0v) is 22.0. The molecule has 0 heterocycles. The van der Waals surface area contributed by atoms with E-state index >= 15 is 0 Å². The number of anilines is 1. The third kappa shape index (κ3) is 8.15. The predicted octanol–water partition coefficient (Wildman–Crippen LogP) is 4.89. The van der Waals surface area contributed by atoms with E-state index in [1.165, 1.54) is 18.3 Å². The molecule has 0 atom stereocenters. The summed E-state index contributed by atoms with van der Waals surface area (Å²) in [6.07, 6.45) is 2.44. The van der Waals surface area contributed by atoms with Crippen LogP contribution in [0.2, 0.25) is 10.0 Å². The van der Waals surface area contributed by atoms with Crippen molar-refractivity contribution < 1.29 is 22.7 Å². The van der Waals surface area contributed by atoms with Crippen LogP contribution in [0.4, 0.5) is 5.69 Å². The van der Waals surface area contributed by atoms with Crippen LogP contribution in [-0.4, -0.2) is 39.9 Å². The van der Waals surface area contributed by atoms with Gasteiger partial charge in [-0.05, 0) is 72.6 Å². The second-order valence-electron chi connectivity index (χ2n) is 7.59. The van der Waals surface area contributed by atoms with Crippen LogP contribution in [-0.2, 0) is 21.4 Å². The van der Waals surface area contributed by atoms with E-state index in [1.807, 2.05) is 19.1 Å². The molecular weight excluding hydrogens is 525 g/mol. The summed E-state index contributed by atoms with van der Waals surface area (Å²) in [7, 11) is -3.71. The van der Waals surface area contributed by atoms with Crippen molar-refractivity contribution in [3.05, 3.63) is 87.9 Å². The molecule has 0 saturated heterocycles. The Morgan fingerprint density at radius 3 is 2.22 bits per heavy atom. The van der Waals surface area contributed by atoms with Gasteiger partial charge in [0.05, 0.1) is 24.8 Å². The van der Waals surface area contributed by atoms with Crippen molar-refractivity contribution >= 4 is 51.0 Å². The largest absolute Gasteiger partial charge is 0.490 e. The normalized spacial score (nSPS) is 11.3. The van der Waals surface area contributed by atoms with E-state index in [2.05, 4.69) is 10.5 Å². The van der Waals surface area contributed by atoms with Crippen molar-refractivity contribution in [3.8, 4) is 11.5 Å². The van der Waals surface area contributed by atoms with Crippen molar-refractivity contribution in [1.82, 2.24) is 5.43 Å². The van der Waals surface area contributed by atoms with E-state index in [4.69, 9.17) is 32.7 Å². The number of nitrogens with one attached hydrogen (secondary N) is 1. The van der Waals surface area contributed by atoms with Gasteiger partial charge in [0.2, 0.25) is 10.0 Å². The number of hydrogen-bond acceptors (Lipinski definition) is 6. The summed E-state index contributed by atoms with van der Waals surface area (Å²) in [5, 5.41) is 5.05. The van der Waals surface area contributed by atoms with Crippen LogP contribution in [0.25, 0.3) is 0 Å². The van der Waals surface area contributed by atoms with Gasteiger partial charge in [0.1, 0.15) is 13.2 Å². The van der Waals surface area contributed by atoms with E-state index in [9.17, 15) is 13.2 Å². The number of carbonyl (C=O) groups is 1. The van der Waals surface area contributed by atoms with Gasteiger partial charge in [-0.2, -0.15) is 5.10 Å². The second kappa shape index (κ2) is 12.6. The Balaban J connectivity index is 1.64. The molecule has 0 aliphatic carbocycles. The zero-order chi connectivity index (χ0) is 26.1. The number of halogens is 2. The average molecular weight is 550 g/mol. The molecule has 0 bridgehead atoms. The zero-order valence-electron chi connectivity index (χ0n) is 19.6. The molecule has 3 aromatic carbocycles. The minimum atomic E-state index is -3.71. The molecule has 0 aliphatic rings. The summed E-state index contributed by atoms with van der Waals surface area (Å²) in [6, 6.07) is 18.7. The van der Waals surface area contributed by atoms with Crippen molar-refractivity contribution in [1.29, 1.82) is 0 Å². The molecule has 190 valence electrons. The minimum Gasteiger partial charge on any atom is -0.490 e. The first kappa shape index (κ1) is 27.3. The van der Waals surface area contributed by atoms with Gasteiger partial charge in [-0.1, -0.05) is 35.3 Å². The van der Waals surface area contributed by atoms with Crippen LogP contribution in [0.1, 0.15) is 18.1 Å². The van der Waals surface area contributed by atoms with Crippen LogP contribution in [0.5, 0.6) is 11.5 Å². The van der Waals surface area contributed by atoms with Crippen molar-refractivity contribution in [2.24, 2.45) is 5.10 Å². The Labute approximate surface area is 220 Å². The molecule has 1 N–H and O–H groups in total. The van der Waals surface area contributed by atoms with Crippen molar-refractivity contribution in [2.75, 3.05) is 23.7 Å². The molecule has 0 unspecified atom stereocenters. The third-order valence-corrected chi connectivity index (χ3v) is 6.42. The predicted molar refractivity (Wildman–Crippen MR) is 143 cm³/mol. The highest BCUT2D eigenvalue weighted by Crippen LogP contribution is 2.29. The van der Waals surface area contributed by atoms with E-state index in [0.29, 0.717) is 46.0 Å². The summed E-state index contributed by atoms with van der Waals surface area (Å²) in [4.78, 5) is 12.4. The summed E-state index contributed by atoms with van der Waals surface area (Å²) in [5.41, 5.74) is 4.27. The number of carbonyl (C=O) groups excluding carboxylic acids is 1. The highest BCUT2D eigenvalue weighted by molar-refractivity contribution is 7.92. The minimum absolute atomic E-state index is 0.316. The van der Waals surface area contributed by atoms with Crippen molar-refractivity contribution in [3.63, 3.8) is 0 Å². The fourth-order valence-electron chi connectivity index (χ4n) is 3.09. The van der Waals surface area contributed by atoms with Gasteiger partial charge in [-0.15, -0.1) is 0 Å². The molecule has 0 fully saturated rings. The maximum Gasteiger partial charge on any atom is 0.260 e. The van der Waals surface area contributed by atoms with Gasteiger partial charge in [-0.3, -0.25) is 9.10 Å². The number of nitrogens with zero attached hydrogens (tertiary/aromatic N) is 2. The second-order valence-corrected chi connectivity index (χ2v) is 10.4. The highest BCUT2D eigenvalue weighted by Gasteiger charge is 2.20. The van der Waals surface area contributed by atoms with E-state index in [0.717, 1.165) is 16.1 Å². The number of rotatable bonds is 11. The number of hydrazone groups is 1. The molecule has 36 heavy (non-hydrogen) atoms. The standard InChI is InChI=1S/C25H25Cl2N3O5S/c1-3-34-24-14-19(6-13-23(24)35-17-18-4-7-20(26)8-5-18)15-28-29-25(31)16-30(36(2,32)33)22-11-9-21(27)10-12-22/h4-15H,3,16-17H2,1-2H3,(H,29,31)/b28-15-. The summed E-state index contributed by atoms with van der Waals surface area (Å²) in [5.74, 6) is 0.465. The van der Waals surface area contributed by atoms with Gasteiger partial charge >= 0.3 is 0 Å². The Bertz CT molecular complexity index is 1310. The molecule has 0 saturated carbocycles. The molecule has 3 rings (SSSR count). The highest BCUT2D eigenvalue weighted by atomic mass is 35.5. The molecular formula is C25H25Cl2N3O5S. The van der Waals surface area contributed by atoms with Gasteiger partial charge in [0.15, 0.2) is 11.5 Å². The fraction of sp³-hybridized carbons (Fsp3) is 0.200. The van der Waals surface area contributed by atoms with Gasteiger partial charge < -0.3 is 9.47 Å². The maximum absolute atomic E-state index is 12.4. The SMILES string of the molecule is CCOc1cc(/C=N\NC(=O)CN(c2ccc(Cl)cc2)S(C)(=O)=O)ccc1OCc1ccc(Cl)cc1. The summed E-state index contributed by atoms with van der Waals surface area (Å²) < 4.78 is 36.9. The quantitative estimate of drug-likeness (QED) is 0.271. The first-order chi connectivity index (χ1) is 17.2. The van der Waals surface area contributed by atoms with Crippen LogP contribution >= 0.6 is 23.2 Å². The number of sulfonamides is 1. The lowest BCUT2D eigenvalue weighted by Gasteiger charge is -2.21. The fourth-order valence-corrected chi connectivity index (χ4v) is 4.19. The van der Waals surface area contributed by atoms with Crippen LogP contribution in [0.3, 0.4) is 0 Å². The lowest BCUT2D eigenvalue weighted by Crippen LogP contribution is -2.38. The van der Waals surface area contributed by atoms with Gasteiger partial charge in [-0.25, -0.2) is 13.8 Å². The molecule has 0 spiro atoms.